The maximum absolute atomic E-state index is 10.9. The van der Waals surface area contributed by atoms with E-state index in [0.717, 1.165) is 0 Å². The predicted molar refractivity (Wildman–Crippen MR) is 62.5 cm³/mol. The number of anilines is 2. The molecule has 0 aliphatic heterocycles. The highest BCUT2D eigenvalue weighted by molar-refractivity contribution is 5.78. The maximum atomic E-state index is 10.9. The summed E-state index contributed by atoms with van der Waals surface area (Å²) in [4.78, 5) is 24.3. The number of primary amides is 1. The highest BCUT2D eigenvalue weighted by Gasteiger charge is 2.13. The minimum atomic E-state index is -0.469. The van der Waals surface area contributed by atoms with E-state index in [-0.39, 0.29) is 24.5 Å². The van der Waals surface area contributed by atoms with Crippen LogP contribution < -0.4 is 21.1 Å². The molecule has 0 bridgehead atoms. The lowest BCUT2D eigenvalue weighted by atomic mass is 10.5. The number of rotatable bonds is 6. The normalized spacial score (nSPS) is 10.0. The number of carbonyl (C=O) groups is 1. The van der Waals surface area contributed by atoms with Gasteiger partial charge in [-0.05, 0) is 13.8 Å². The first-order chi connectivity index (χ1) is 8.06. The highest BCUT2D eigenvalue weighted by Crippen LogP contribution is 2.12. The Hall–Kier alpha value is -2.12. The van der Waals surface area contributed by atoms with E-state index in [2.05, 4.69) is 15.0 Å². The second-order valence-electron chi connectivity index (χ2n) is 3.19. The first-order valence-electron chi connectivity index (χ1n) is 5.24. The van der Waals surface area contributed by atoms with E-state index in [0.29, 0.717) is 13.2 Å². The minimum Gasteiger partial charge on any atom is -0.464 e. The number of carbonyl (C=O) groups excluding carboxylic acids is 1. The van der Waals surface area contributed by atoms with E-state index in [1.165, 1.54) is 0 Å². The first-order valence-corrected chi connectivity index (χ1v) is 5.24. The van der Waals surface area contributed by atoms with Gasteiger partial charge < -0.3 is 21.1 Å². The van der Waals surface area contributed by atoms with E-state index >= 15 is 0 Å². The van der Waals surface area contributed by atoms with Gasteiger partial charge in [0.05, 0.1) is 13.2 Å². The Labute approximate surface area is 99.0 Å². The molecule has 17 heavy (non-hydrogen) atoms. The number of nitrogens with zero attached hydrogens (tertiary/aromatic N) is 4. The van der Waals surface area contributed by atoms with E-state index in [9.17, 15) is 4.79 Å². The lowest BCUT2D eigenvalue weighted by Gasteiger charge is -2.19. The fraction of sp³-hybridized carbons (Fsp3) is 0.556. The molecule has 0 radical (unpaired) electrons. The zero-order chi connectivity index (χ0) is 12.8. The smallest absolute Gasteiger partial charge is 0.323 e. The summed E-state index contributed by atoms with van der Waals surface area (Å²) in [6, 6.07) is 0.137. The van der Waals surface area contributed by atoms with Gasteiger partial charge in [0, 0.05) is 6.54 Å². The number of nitrogens with two attached hydrogens (primary N) is 2. The van der Waals surface area contributed by atoms with Crippen LogP contribution in [0.1, 0.15) is 13.8 Å². The zero-order valence-electron chi connectivity index (χ0n) is 9.88. The average Bonchev–Trinajstić information content (AvgIpc) is 2.25. The molecule has 8 nitrogen and oxygen atoms in total. The SMILES string of the molecule is CCOc1nc(N)nc(N(CC)CC(N)=O)n1. The van der Waals surface area contributed by atoms with Crippen LogP contribution in [0.25, 0.3) is 0 Å². The molecule has 0 saturated carbocycles. The largest absolute Gasteiger partial charge is 0.464 e. The lowest BCUT2D eigenvalue weighted by molar-refractivity contribution is -0.116. The molecule has 0 aromatic carbocycles. The Morgan fingerprint density at radius 1 is 1.35 bits per heavy atom. The fourth-order valence-electron chi connectivity index (χ4n) is 1.21. The van der Waals surface area contributed by atoms with Crippen LogP contribution in [0.4, 0.5) is 11.9 Å². The Morgan fingerprint density at radius 3 is 2.59 bits per heavy atom. The van der Waals surface area contributed by atoms with Crippen molar-refractivity contribution in [1.82, 2.24) is 15.0 Å². The summed E-state index contributed by atoms with van der Waals surface area (Å²) in [5.74, 6) is -0.146. The minimum absolute atomic E-state index is 0.0194. The molecule has 0 fully saturated rings. The monoisotopic (exact) mass is 240 g/mol. The van der Waals surface area contributed by atoms with Gasteiger partial charge in [0.1, 0.15) is 0 Å². The maximum Gasteiger partial charge on any atom is 0.323 e. The van der Waals surface area contributed by atoms with Crippen molar-refractivity contribution in [2.75, 3.05) is 30.3 Å². The summed E-state index contributed by atoms with van der Waals surface area (Å²) in [7, 11) is 0. The van der Waals surface area contributed by atoms with E-state index in [1.807, 2.05) is 6.92 Å². The number of aromatic nitrogens is 3. The van der Waals surface area contributed by atoms with Crippen molar-refractivity contribution in [1.29, 1.82) is 0 Å². The van der Waals surface area contributed by atoms with Crippen LogP contribution in [0.5, 0.6) is 6.01 Å². The molecule has 94 valence electrons. The highest BCUT2D eigenvalue weighted by atomic mass is 16.5. The van der Waals surface area contributed by atoms with Gasteiger partial charge in [0.25, 0.3) is 0 Å². The Kier molecular flexibility index (Phi) is 4.44. The molecule has 1 amide bonds. The number of likely N-dealkylation sites (N-methyl/N-ethyl adjacent to an activating group) is 1. The molecular formula is C9H16N6O2. The summed E-state index contributed by atoms with van der Waals surface area (Å²) in [6.07, 6.45) is 0. The second kappa shape index (κ2) is 5.83. The van der Waals surface area contributed by atoms with Crippen LogP contribution in [0, 0.1) is 0 Å². The van der Waals surface area contributed by atoms with Gasteiger partial charge in [0.2, 0.25) is 17.8 Å². The zero-order valence-corrected chi connectivity index (χ0v) is 9.88. The molecule has 0 aliphatic carbocycles. The van der Waals surface area contributed by atoms with Gasteiger partial charge in [-0.25, -0.2) is 0 Å². The molecule has 1 aromatic rings. The molecule has 0 aliphatic rings. The summed E-state index contributed by atoms with van der Waals surface area (Å²) >= 11 is 0. The number of nitrogen functional groups attached to an aromatic ring is 1. The fourth-order valence-corrected chi connectivity index (χ4v) is 1.21. The molecule has 1 heterocycles. The van der Waals surface area contributed by atoms with Gasteiger partial charge >= 0.3 is 6.01 Å². The third-order valence-corrected chi connectivity index (χ3v) is 1.91. The van der Waals surface area contributed by atoms with Crippen molar-refractivity contribution >= 4 is 17.8 Å². The van der Waals surface area contributed by atoms with Gasteiger partial charge in [-0.1, -0.05) is 0 Å². The van der Waals surface area contributed by atoms with Crippen molar-refractivity contribution in [3.63, 3.8) is 0 Å². The number of hydrogen-bond acceptors (Lipinski definition) is 7. The molecule has 0 atom stereocenters. The van der Waals surface area contributed by atoms with Gasteiger partial charge in [-0.15, -0.1) is 0 Å². The lowest BCUT2D eigenvalue weighted by Crippen LogP contribution is -2.35. The Bertz CT molecular complexity index is 397. The number of ether oxygens (including phenoxy) is 1. The molecule has 0 spiro atoms. The average molecular weight is 240 g/mol. The van der Waals surface area contributed by atoms with Crippen molar-refractivity contribution in [2.45, 2.75) is 13.8 Å². The Balaban J connectivity index is 2.97. The van der Waals surface area contributed by atoms with Crippen LogP contribution in [0.2, 0.25) is 0 Å². The van der Waals surface area contributed by atoms with Crippen LogP contribution in [-0.2, 0) is 4.79 Å². The van der Waals surface area contributed by atoms with Crippen molar-refractivity contribution in [3.8, 4) is 6.01 Å². The van der Waals surface area contributed by atoms with Crippen LogP contribution >= 0.6 is 0 Å². The standard InChI is InChI=1S/C9H16N6O2/c1-3-15(5-6(10)16)8-12-7(11)13-9(14-8)17-4-2/h3-5H2,1-2H3,(H2,10,16)(H2,11,12,13,14). The molecule has 8 heteroatoms. The van der Waals surface area contributed by atoms with Crippen molar-refractivity contribution < 1.29 is 9.53 Å². The van der Waals surface area contributed by atoms with Crippen molar-refractivity contribution in [2.24, 2.45) is 5.73 Å². The predicted octanol–water partition coefficient (Wildman–Crippen LogP) is -0.836. The van der Waals surface area contributed by atoms with Gasteiger partial charge in [-0.2, -0.15) is 15.0 Å². The molecular weight excluding hydrogens is 224 g/mol. The van der Waals surface area contributed by atoms with E-state index in [1.54, 1.807) is 11.8 Å². The third kappa shape index (κ3) is 3.74. The topological polar surface area (TPSA) is 120 Å². The third-order valence-electron chi connectivity index (χ3n) is 1.91. The summed E-state index contributed by atoms with van der Waals surface area (Å²) < 4.78 is 5.14. The van der Waals surface area contributed by atoms with Crippen LogP contribution in [0.3, 0.4) is 0 Å². The van der Waals surface area contributed by atoms with E-state index < -0.39 is 5.91 Å². The van der Waals surface area contributed by atoms with Gasteiger partial charge in [-0.3, -0.25) is 4.79 Å². The van der Waals surface area contributed by atoms with E-state index in [4.69, 9.17) is 16.2 Å². The van der Waals surface area contributed by atoms with Crippen LogP contribution in [-0.4, -0.2) is 40.6 Å². The summed E-state index contributed by atoms with van der Waals surface area (Å²) in [6.45, 7) is 4.62. The molecule has 0 unspecified atom stereocenters. The number of hydrogen-bond donors (Lipinski definition) is 2. The quantitative estimate of drug-likeness (QED) is 0.665. The molecule has 0 saturated heterocycles. The van der Waals surface area contributed by atoms with Crippen LogP contribution in [0.15, 0.2) is 0 Å². The summed E-state index contributed by atoms with van der Waals surface area (Å²) in [5, 5.41) is 0. The van der Waals surface area contributed by atoms with Crippen molar-refractivity contribution in [3.05, 3.63) is 0 Å². The molecule has 4 N–H and O–H groups in total. The van der Waals surface area contributed by atoms with Gasteiger partial charge in [0.15, 0.2) is 0 Å². The first kappa shape index (κ1) is 12.9. The summed E-state index contributed by atoms with van der Waals surface area (Å²) in [5.41, 5.74) is 10.7. The number of amides is 1. The molecule has 1 aromatic heterocycles. The second-order valence-corrected chi connectivity index (χ2v) is 3.19. The molecule has 1 rings (SSSR count). The Morgan fingerprint density at radius 2 is 2.06 bits per heavy atom.